The van der Waals surface area contributed by atoms with E-state index in [2.05, 4.69) is 15.3 Å². The molecule has 2 aromatic carbocycles. The summed E-state index contributed by atoms with van der Waals surface area (Å²) in [5.74, 6) is 1.27. The number of nitrogens with zero attached hydrogens (tertiary/aromatic N) is 1. The van der Waals surface area contributed by atoms with Crippen molar-refractivity contribution in [2.45, 2.75) is 19.4 Å². The van der Waals surface area contributed by atoms with Crippen LogP contribution in [0.2, 0.25) is 5.02 Å². The van der Waals surface area contributed by atoms with Crippen LogP contribution in [0.25, 0.3) is 11.0 Å². The number of halogens is 1. The molecule has 0 saturated heterocycles. The summed E-state index contributed by atoms with van der Waals surface area (Å²) in [5.41, 5.74) is 2.82. The third kappa shape index (κ3) is 3.20. The van der Waals surface area contributed by atoms with E-state index in [1.54, 1.807) is 6.07 Å². The molecule has 1 aromatic heterocycles. The Hall–Kier alpha value is -2.53. The summed E-state index contributed by atoms with van der Waals surface area (Å²) in [7, 11) is 0. The molecule has 0 spiro atoms. The quantitative estimate of drug-likeness (QED) is 0.753. The number of carbonyl (C=O) groups is 1. The molecule has 2 atom stereocenters. The summed E-state index contributed by atoms with van der Waals surface area (Å²) >= 11 is 6.04. The average Bonchev–Trinajstić information content (AvgIpc) is 3.05. The zero-order valence-electron chi connectivity index (χ0n) is 13.8. The van der Waals surface area contributed by atoms with Gasteiger partial charge >= 0.3 is 0 Å². The number of aromatic nitrogens is 2. The number of rotatable bonds is 3. The lowest BCUT2D eigenvalue weighted by Crippen LogP contribution is -2.38. The van der Waals surface area contributed by atoms with E-state index in [1.165, 1.54) is 0 Å². The Morgan fingerprint density at radius 1 is 1.36 bits per heavy atom. The molecule has 5 nitrogen and oxygen atoms in total. The average molecular weight is 356 g/mol. The molecule has 25 heavy (non-hydrogen) atoms. The van der Waals surface area contributed by atoms with E-state index in [0.717, 1.165) is 28.2 Å². The predicted octanol–water partition coefficient (Wildman–Crippen LogP) is 3.64. The first-order chi connectivity index (χ1) is 12.1. The molecular weight excluding hydrogens is 338 g/mol. The van der Waals surface area contributed by atoms with E-state index < -0.39 is 0 Å². The molecular formula is C19H18ClN3O2. The van der Waals surface area contributed by atoms with E-state index in [0.29, 0.717) is 18.1 Å². The molecule has 4 rings (SSSR count). The number of aromatic amines is 1. The molecule has 0 saturated carbocycles. The number of fused-ring (bicyclic) bond motifs is 2. The van der Waals surface area contributed by atoms with Crippen LogP contribution in [-0.2, 0) is 11.2 Å². The van der Waals surface area contributed by atoms with Gasteiger partial charge in [0.25, 0.3) is 0 Å². The van der Waals surface area contributed by atoms with Crippen molar-refractivity contribution in [2.75, 3.05) is 6.61 Å². The van der Waals surface area contributed by atoms with E-state index in [9.17, 15) is 4.79 Å². The Labute approximate surface area is 150 Å². The highest BCUT2D eigenvalue weighted by Gasteiger charge is 2.27. The fraction of sp³-hybridized carbons (Fsp3) is 0.263. The Balaban J connectivity index is 1.46. The van der Waals surface area contributed by atoms with E-state index >= 15 is 0 Å². The van der Waals surface area contributed by atoms with Gasteiger partial charge in [-0.05, 0) is 49.2 Å². The van der Waals surface area contributed by atoms with Crippen LogP contribution < -0.4 is 10.1 Å². The molecule has 2 heterocycles. The lowest BCUT2D eigenvalue weighted by atomic mass is 9.96. The predicted molar refractivity (Wildman–Crippen MR) is 96.8 cm³/mol. The third-order valence-electron chi connectivity index (χ3n) is 4.48. The lowest BCUT2D eigenvalue weighted by Gasteiger charge is -2.25. The maximum atomic E-state index is 12.6. The summed E-state index contributed by atoms with van der Waals surface area (Å²) < 4.78 is 5.70. The van der Waals surface area contributed by atoms with Gasteiger partial charge in [0.2, 0.25) is 5.91 Å². The van der Waals surface area contributed by atoms with Gasteiger partial charge in [0.05, 0.1) is 23.0 Å². The van der Waals surface area contributed by atoms with Gasteiger partial charge in [-0.15, -0.1) is 0 Å². The zero-order valence-corrected chi connectivity index (χ0v) is 14.5. The first-order valence-corrected chi connectivity index (χ1v) is 8.64. The standard InChI is InChI=1S/C19H18ClN3O2/c1-11(18-22-15-4-2-3-5-16(15)23-18)21-19(24)13-8-12-9-14(20)6-7-17(12)25-10-13/h2-7,9,11,13H,8,10H2,1H3,(H,21,24)(H,22,23). The van der Waals surface area contributed by atoms with Gasteiger partial charge in [0.15, 0.2) is 0 Å². The molecule has 6 heteroatoms. The molecule has 1 aliphatic heterocycles. The summed E-state index contributed by atoms with van der Waals surface area (Å²) in [6.45, 7) is 2.29. The molecule has 0 fully saturated rings. The van der Waals surface area contributed by atoms with Crippen LogP contribution in [0.4, 0.5) is 0 Å². The highest BCUT2D eigenvalue weighted by atomic mass is 35.5. The van der Waals surface area contributed by atoms with Crippen LogP contribution in [0.15, 0.2) is 42.5 Å². The highest BCUT2D eigenvalue weighted by molar-refractivity contribution is 6.30. The SMILES string of the molecule is CC(NC(=O)C1COc2ccc(Cl)cc2C1)c1nc2ccccc2[nH]1. The van der Waals surface area contributed by atoms with E-state index in [-0.39, 0.29) is 17.9 Å². The first kappa shape index (κ1) is 16.0. The van der Waals surface area contributed by atoms with Crippen molar-refractivity contribution in [2.24, 2.45) is 5.92 Å². The molecule has 3 aromatic rings. The second-order valence-corrected chi connectivity index (χ2v) is 6.77. The number of carbonyl (C=O) groups excluding carboxylic acids is 1. The summed E-state index contributed by atoms with van der Waals surface area (Å²) in [5, 5.41) is 3.68. The summed E-state index contributed by atoms with van der Waals surface area (Å²) in [4.78, 5) is 20.4. The second kappa shape index (κ2) is 6.41. The van der Waals surface area contributed by atoms with Gasteiger partial charge in [0.1, 0.15) is 18.2 Å². The molecule has 128 valence electrons. The Bertz CT molecular complexity index is 904. The van der Waals surface area contributed by atoms with Gasteiger partial charge in [-0.1, -0.05) is 23.7 Å². The number of nitrogens with one attached hydrogen (secondary N) is 2. The van der Waals surface area contributed by atoms with Crippen LogP contribution in [-0.4, -0.2) is 22.5 Å². The monoisotopic (exact) mass is 355 g/mol. The lowest BCUT2D eigenvalue weighted by molar-refractivity contribution is -0.127. The van der Waals surface area contributed by atoms with Crippen molar-refractivity contribution in [3.05, 3.63) is 58.9 Å². The zero-order chi connectivity index (χ0) is 17.4. The smallest absolute Gasteiger partial charge is 0.227 e. The van der Waals surface area contributed by atoms with Crippen molar-refractivity contribution in [1.82, 2.24) is 15.3 Å². The van der Waals surface area contributed by atoms with Gasteiger partial charge < -0.3 is 15.0 Å². The second-order valence-electron chi connectivity index (χ2n) is 6.33. The number of hydrogen-bond acceptors (Lipinski definition) is 3. The first-order valence-electron chi connectivity index (χ1n) is 8.26. The summed E-state index contributed by atoms with van der Waals surface area (Å²) in [6, 6.07) is 13.1. The van der Waals surface area contributed by atoms with Gasteiger partial charge in [-0.3, -0.25) is 4.79 Å². The minimum absolute atomic E-state index is 0.0430. The van der Waals surface area contributed by atoms with Gasteiger partial charge in [0, 0.05) is 5.02 Å². The van der Waals surface area contributed by atoms with Gasteiger partial charge in [-0.25, -0.2) is 4.98 Å². The molecule has 0 radical (unpaired) electrons. The largest absolute Gasteiger partial charge is 0.492 e. The van der Waals surface area contributed by atoms with Crippen molar-refractivity contribution < 1.29 is 9.53 Å². The molecule has 0 bridgehead atoms. The topological polar surface area (TPSA) is 67.0 Å². The minimum Gasteiger partial charge on any atom is -0.492 e. The molecule has 0 aliphatic carbocycles. The van der Waals surface area contributed by atoms with Crippen molar-refractivity contribution in [1.29, 1.82) is 0 Å². The molecule has 2 N–H and O–H groups in total. The normalized spacial score (nSPS) is 17.6. The molecule has 1 amide bonds. The van der Waals surface area contributed by atoms with Crippen LogP contribution in [0.1, 0.15) is 24.4 Å². The maximum Gasteiger partial charge on any atom is 0.227 e. The third-order valence-corrected chi connectivity index (χ3v) is 4.71. The Kier molecular flexibility index (Phi) is 4.09. The maximum absolute atomic E-state index is 12.6. The fourth-order valence-corrected chi connectivity index (χ4v) is 3.30. The number of benzene rings is 2. The minimum atomic E-state index is -0.238. The molecule has 2 unspecified atom stereocenters. The van der Waals surface area contributed by atoms with Crippen LogP contribution in [0, 0.1) is 5.92 Å². The number of para-hydroxylation sites is 2. The van der Waals surface area contributed by atoms with Crippen molar-refractivity contribution in [3.8, 4) is 5.75 Å². The summed E-state index contributed by atoms with van der Waals surface area (Å²) in [6.07, 6.45) is 0.620. The number of ether oxygens (including phenoxy) is 1. The number of imidazole rings is 1. The van der Waals surface area contributed by atoms with Gasteiger partial charge in [-0.2, -0.15) is 0 Å². The highest BCUT2D eigenvalue weighted by Crippen LogP contribution is 2.30. The van der Waals surface area contributed by atoms with Crippen LogP contribution in [0.3, 0.4) is 0 Å². The number of H-pyrrole nitrogens is 1. The van der Waals surface area contributed by atoms with E-state index in [1.807, 2.05) is 43.3 Å². The number of amides is 1. The Morgan fingerprint density at radius 2 is 2.20 bits per heavy atom. The van der Waals surface area contributed by atoms with Crippen LogP contribution in [0.5, 0.6) is 5.75 Å². The Morgan fingerprint density at radius 3 is 3.04 bits per heavy atom. The van der Waals surface area contributed by atoms with Crippen LogP contribution >= 0.6 is 11.6 Å². The van der Waals surface area contributed by atoms with Crippen molar-refractivity contribution in [3.63, 3.8) is 0 Å². The number of hydrogen-bond donors (Lipinski definition) is 2. The fourth-order valence-electron chi connectivity index (χ4n) is 3.11. The molecule has 1 aliphatic rings. The van der Waals surface area contributed by atoms with E-state index in [4.69, 9.17) is 16.3 Å². The van der Waals surface area contributed by atoms with Crippen molar-refractivity contribution >= 4 is 28.5 Å².